The molecule has 33 heavy (non-hydrogen) atoms. The smallest absolute Gasteiger partial charge is 0.408 e. The van der Waals surface area contributed by atoms with Crippen LogP contribution in [-0.4, -0.2) is 99.2 Å². The highest BCUT2D eigenvalue weighted by Gasteiger charge is 2.43. The molecule has 0 aromatic heterocycles. The molecule has 1 amide bonds. The molecule has 0 bridgehead atoms. The van der Waals surface area contributed by atoms with Gasteiger partial charge in [0, 0.05) is 6.54 Å². The first-order valence-corrected chi connectivity index (χ1v) is 10.0. The average molecular weight is 483 g/mol. The summed E-state index contributed by atoms with van der Waals surface area (Å²) in [4.78, 5) is 28.4. The van der Waals surface area contributed by atoms with Crippen molar-refractivity contribution in [2.24, 2.45) is 10.7 Å². The molecule has 7 atom stereocenters. The predicted molar refractivity (Wildman–Crippen MR) is 108 cm³/mol. The number of guanidine groups is 1. The SMILES string of the molecule is CC(C)(C)OC(=O)N[C@H](CCCN=C(N)N[NH+]([O-])O)C(=O)OC[C@@H]1O[C@H](O)[C@@H](O)[C@H](O)[C@H]1O. The maximum atomic E-state index is 12.5. The molecule has 0 saturated carbocycles. The van der Waals surface area contributed by atoms with Crippen molar-refractivity contribution < 1.29 is 54.8 Å². The Balaban J connectivity index is 2.72. The second kappa shape index (κ2) is 12.8. The van der Waals surface area contributed by atoms with E-state index in [0.717, 1.165) is 0 Å². The van der Waals surface area contributed by atoms with Gasteiger partial charge < -0.3 is 50.9 Å². The fourth-order valence-electron chi connectivity index (χ4n) is 2.68. The fraction of sp³-hybridized carbons (Fsp3) is 0.824. The lowest BCUT2D eigenvalue weighted by molar-refractivity contribution is -1.08. The van der Waals surface area contributed by atoms with Gasteiger partial charge in [0.25, 0.3) is 0 Å². The van der Waals surface area contributed by atoms with Crippen LogP contribution in [0.15, 0.2) is 4.99 Å². The van der Waals surface area contributed by atoms with Crippen LogP contribution in [-0.2, 0) is 19.0 Å². The zero-order valence-electron chi connectivity index (χ0n) is 18.5. The summed E-state index contributed by atoms with van der Waals surface area (Å²) >= 11 is 0. The summed E-state index contributed by atoms with van der Waals surface area (Å²) in [5.41, 5.74) is 6.37. The number of rotatable bonds is 9. The lowest BCUT2D eigenvalue weighted by atomic mass is 9.99. The van der Waals surface area contributed by atoms with Crippen molar-refractivity contribution in [1.82, 2.24) is 10.7 Å². The van der Waals surface area contributed by atoms with E-state index in [1.807, 2.05) is 5.43 Å². The first-order valence-electron chi connectivity index (χ1n) is 10.0. The number of hydrogen-bond donors (Lipinski definition) is 9. The third kappa shape index (κ3) is 10.4. The Morgan fingerprint density at radius 3 is 2.42 bits per heavy atom. The average Bonchev–Trinajstić information content (AvgIpc) is 2.68. The Hall–Kier alpha value is -2.31. The van der Waals surface area contributed by atoms with Gasteiger partial charge in [0.1, 0.15) is 42.7 Å². The molecule has 0 aromatic rings. The van der Waals surface area contributed by atoms with E-state index in [1.165, 1.54) is 0 Å². The number of amides is 1. The van der Waals surface area contributed by atoms with E-state index in [2.05, 4.69) is 10.3 Å². The summed E-state index contributed by atoms with van der Waals surface area (Å²) in [7, 11) is 0. The van der Waals surface area contributed by atoms with Crippen LogP contribution in [0, 0.1) is 5.21 Å². The number of aliphatic hydroxyl groups excluding tert-OH is 4. The Labute approximate surface area is 189 Å². The van der Waals surface area contributed by atoms with Crippen LogP contribution in [0.2, 0.25) is 0 Å². The van der Waals surface area contributed by atoms with Crippen LogP contribution >= 0.6 is 0 Å². The van der Waals surface area contributed by atoms with Crippen LogP contribution in [0.5, 0.6) is 0 Å². The standard InChI is InChI=1S/C17H33N5O11/c1-17(2,3)33-16(28)20-8(5-4-6-19-15(18)21-22(29)30)13(26)31-7-9-10(23)11(24)12(25)14(27)32-9/h8-12,14,22-25,27,29H,4-7H2,1-3H3,(H,20,28)(H3,18,19,21)/t8-,9+,10+,11-,12+,14+/m1/s1. The van der Waals surface area contributed by atoms with E-state index < -0.39 is 66.4 Å². The van der Waals surface area contributed by atoms with Gasteiger partial charge >= 0.3 is 12.1 Å². The molecule has 16 heteroatoms. The van der Waals surface area contributed by atoms with Gasteiger partial charge in [-0.3, -0.25) is 0 Å². The molecule has 1 aliphatic heterocycles. The molecule has 1 rings (SSSR count). The van der Waals surface area contributed by atoms with Gasteiger partial charge in [-0.1, -0.05) is 0 Å². The van der Waals surface area contributed by atoms with E-state index in [9.17, 15) is 35.2 Å². The van der Waals surface area contributed by atoms with E-state index in [-0.39, 0.29) is 25.3 Å². The fourth-order valence-corrected chi connectivity index (χ4v) is 2.68. The quantitative estimate of drug-likeness (QED) is 0.0494. The number of carbonyl (C=O) groups is 2. The summed E-state index contributed by atoms with van der Waals surface area (Å²) in [6.07, 6.45) is -8.96. The van der Waals surface area contributed by atoms with E-state index >= 15 is 0 Å². The van der Waals surface area contributed by atoms with Crippen molar-refractivity contribution in [3.8, 4) is 0 Å². The van der Waals surface area contributed by atoms with Crippen molar-refractivity contribution in [3.05, 3.63) is 5.21 Å². The summed E-state index contributed by atoms with van der Waals surface area (Å²) in [6, 6.07) is -1.22. The number of quaternary nitrogens is 1. The van der Waals surface area contributed by atoms with Crippen LogP contribution in [0.3, 0.4) is 0 Å². The van der Waals surface area contributed by atoms with Crippen molar-refractivity contribution in [1.29, 1.82) is 0 Å². The van der Waals surface area contributed by atoms with Gasteiger partial charge in [0.05, 0.1) is 0 Å². The third-order valence-corrected chi connectivity index (χ3v) is 4.22. The van der Waals surface area contributed by atoms with Gasteiger partial charge in [-0.2, -0.15) is 10.6 Å². The van der Waals surface area contributed by atoms with E-state index in [1.54, 1.807) is 20.8 Å². The number of aliphatic imine (C=N–C) groups is 1. The lowest BCUT2D eigenvalue weighted by Crippen LogP contribution is -3.13. The Bertz CT molecular complexity index is 672. The third-order valence-electron chi connectivity index (χ3n) is 4.22. The van der Waals surface area contributed by atoms with Gasteiger partial charge in [-0.25, -0.2) is 14.6 Å². The van der Waals surface area contributed by atoms with Crippen LogP contribution in [0.4, 0.5) is 4.79 Å². The number of carbonyl (C=O) groups excluding carboxylic acids is 2. The number of hydrogen-bond acceptors (Lipinski definition) is 12. The predicted octanol–water partition coefficient (Wildman–Crippen LogP) is -4.41. The number of alkyl carbamates (subject to hydrolysis) is 1. The molecule has 0 aromatic carbocycles. The maximum absolute atomic E-state index is 12.5. The van der Waals surface area contributed by atoms with Crippen LogP contribution < -0.4 is 21.8 Å². The van der Waals surface area contributed by atoms with Crippen LogP contribution in [0.25, 0.3) is 0 Å². The molecule has 0 aliphatic carbocycles. The molecule has 192 valence electrons. The number of nitrogens with two attached hydrogens (primary N) is 1. The first-order chi connectivity index (χ1) is 15.2. The van der Waals surface area contributed by atoms with E-state index in [0.29, 0.717) is 0 Å². The molecule has 1 unspecified atom stereocenters. The van der Waals surface area contributed by atoms with Gasteiger partial charge in [0.15, 0.2) is 6.29 Å². The Kier molecular flexibility index (Phi) is 11.1. The summed E-state index contributed by atoms with van der Waals surface area (Å²) in [6.45, 7) is 4.30. The van der Waals surface area contributed by atoms with Gasteiger partial charge in [-0.05, 0) is 33.6 Å². The molecule has 0 spiro atoms. The second-order valence-corrected chi connectivity index (χ2v) is 8.21. The topological polar surface area (TPSA) is 253 Å². The molecule has 1 saturated heterocycles. The minimum Gasteiger partial charge on any atom is -0.574 e. The van der Waals surface area contributed by atoms with Crippen molar-refractivity contribution in [2.45, 2.75) is 76.0 Å². The normalized spacial score (nSPS) is 27.9. The largest absolute Gasteiger partial charge is 0.574 e. The van der Waals surface area contributed by atoms with Gasteiger partial charge in [-0.15, -0.1) is 5.34 Å². The van der Waals surface area contributed by atoms with Crippen molar-refractivity contribution in [3.63, 3.8) is 0 Å². The molecule has 1 heterocycles. The highest BCUT2D eigenvalue weighted by molar-refractivity contribution is 5.81. The molecular weight excluding hydrogens is 450 g/mol. The monoisotopic (exact) mass is 483 g/mol. The Morgan fingerprint density at radius 2 is 1.85 bits per heavy atom. The number of nitrogens with one attached hydrogen (secondary N) is 3. The van der Waals surface area contributed by atoms with Crippen molar-refractivity contribution >= 4 is 18.0 Å². The zero-order chi connectivity index (χ0) is 25.3. The highest BCUT2D eigenvalue weighted by Crippen LogP contribution is 2.20. The minimum atomic E-state index is -1.80. The number of ether oxygens (including phenoxy) is 3. The number of esters is 1. The summed E-state index contributed by atoms with van der Waals surface area (Å²) in [5.74, 6) is -1.28. The van der Waals surface area contributed by atoms with Gasteiger partial charge in [0.2, 0.25) is 5.96 Å². The Morgan fingerprint density at radius 1 is 1.21 bits per heavy atom. The number of aliphatic hydroxyl groups is 4. The minimum absolute atomic E-state index is 0.0000307. The van der Waals surface area contributed by atoms with E-state index in [4.69, 9.17) is 25.2 Å². The molecule has 16 nitrogen and oxygen atoms in total. The summed E-state index contributed by atoms with van der Waals surface area (Å²) < 4.78 is 15.1. The van der Waals surface area contributed by atoms with Crippen molar-refractivity contribution in [2.75, 3.05) is 13.2 Å². The lowest BCUT2D eigenvalue weighted by Gasteiger charge is -2.38. The summed E-state index contributed by atoms with van der Waals surface area (Å²) in [5, 5.41) is 58.7. The molecule has 1 aliphatic rings. The number of nitrogens with zero attached hydrogens (tertiary/aromatic N) is 1. The molecule has 10 N–H and O–H groups in total. The maximum Gasteiger partial charge on any atom is 0.408 e. The highest BCUT2D eigenvalue weighted by atomic mass is 16.8. The molecule has 0 radical (unpaired) electrons. The first kappa shape index (κ1) is 28.7. The molecular formula is C17H33N5O11. The molecule has 1 fully saturated rings. The van der Waals surface area contributed by atoms with Crippen LogP contribution in [0.1, 0.15) is 33.6 Å². The second-order valence-electron chi connectivity index (χ2n) is 8.21. The zero-order valence-corrected chi connectivity index (χ0v) is 18.5.